The molecular formula is C28H37F2N7O2. The molecular weight excluding hydrogens is 504 g/mol. The number of allylic oxidation sites excluding steroid dienone is 1. The molecule has 5 rings (SSSR count). The van der Waals surface area contributed by atoms with Crippen molar-refractivity contribution >= 4 is 23.3 Å². The number of anilines is 2. The van der Waals surface area contributed by atoms with Crippen LogP contribution >= 0.6 is 0 Å². The summed E-state index contributed by atoms with van der Waals surface area (Å²) in [6.45, 7) is 4.86. The lowest BCUT2D eigenvalue weighted by molar-refractivity contribution is -0.0499. The molecule has 9 nitrogen and oxygen atoms in total. The molecule has 3 N–H and O–H groups in total. The molecule has 0 atom stereocenters. The van der Waals surface area contributed by atoms with Crippen molar-refractivity contribution in [1.29, 1.82) is 5.41 Å². The predicted molar refractivity (Wildman–Crippen MR) is 148 cm³/mol. The van der Waals surface area contributed by atoms with Crippen molar-refractivity contribution in [1.82, 2.24) is 25.3 Å². The maximum absolute atomic E-state index is 13.5. The van der Waals surface area contributed by atoms with Gasteiger partial charge in [0.25, 0.3) is 0 Å². The van der Waals surface area contributed by atoms with Crippen LogP contribution in [0.3, 0.4) is 0 Å². The number of benzene rings is 1. The van der Waals surface area contributed by atoms with E-state index in [0.29, 0.717) is 24.2 Å². The summed E-state index contributed by atoms with van der Waals surface area (Å²) in [4.78, 5) is 4.38. The summed E-state index contributed by atoms with van der Waals surface area (Å²) in [7, 11) is 3.58. The van der Waals surface area contributed by atoms with E-state index < -0.39 is 6.61 Å². The molecule has 4 heterocycles. The summed E-state index contributed by atoms with van der Waals surface area (Å²) < 4.78 is 39.9. The van der Waals surface area contributed by atoms with Crippen LogP contribution in [0.2, 0.25) is 0 Å². The monoisotopic (exact) mass is 541 g/mol. The summed E-state index contributed by atoms with van der Waals surface area (Å²) in [5.41, 5.74) is 5.14. The Morgan fingerprint density at radius 2 is 2.03 bits per heavy atom. The number of rotatable bonds is 9. The third kappa shape index (κ3) is 5.32. The molecule has 39 heavy (non-hydrogen) atoms. The van der Waals surface area contributed by atoms with Crippen LogP contribution in [-0.2, 0) is 24.1 Å². The molecule has 1 aromatic heterocycles. The number of hydrogen-bond acceptors (Lipinski definition) is 8. The minimum Gasteiger partial charge on any atom is -0.434 e. The van der Waals surface area contributed by atoms with Gasteiger partial charge in [-0.2, -0.15) is 13.9 Å². The van der Waals surface area contributed by atoms with Crippen LogP contribution in [0.1, 0.15) is 47.7 Å². The van der Waals surface area contributed by atoms with E-state index >= 15 is 0 Å². The average Bonchev–Trinajstić information content (AvgIpc) is 3.34. The molecule has 0 aliphatic carbocycles. The number of nitrogens with zero attached hydrogens (tertiary/aromatic N) is 4. The molecule has 3 aliphatic rings. The molecule has 0 spiro atoms. The molecule has 0 bridgehead atoms. The Labute approximate surface area is 227 Å². The van der Waals surface area contributed by atoms with E-state index in [2.05, 4.69) is 31.7 Å². The molecule has 1 aromatic carbocycles. The number of halogens is 2. The molecule has 0 saturated carbocycles. The fraction of sp³-hybridized carbons (Fsp3) is 0.500. The highest BCUT2D eigenvalue weighted by atomic mass is 19.3. The predicted octanol–water partition coefficient (Wildman–Crippen LogP) is 4.18. The van der Waals surface area contributed by atoms with E-state index in [4.69, 9.17) is 20.0 Å². The summed E-state index contributed by atoms with van der Waals surface area (Å²) >= 11 is 0. The molecule has 1 fully saturated rings. The molecule has 2 aromatic rings. The Bertz CT molecular complexity index is 1250. The van der Waals surface area contributed by atoms with Gasteiger partial charge in [0, 0.05) is 99.9 Å². The van der Waals surface area contributed by atoms with Crippen LogP contribution in [0.4, 0.5) is 20.3 Å². The number of alkyl halides is 2. The topological polar surface area (TPSA) is 90.7 Å². The second-order valence-corrected chi connectivity index (χ2v) is 10.0. The fourth-order valence-electron chi connectivity index (χ4n) is 5.87. The number of fused-ring (bicyclic) bond motifs is 2. The molecule has 210 valence electrons. The van der Waals surface area contributed by atoms with E-state index in [0.717, 1.165) is 86.5 Å². The van der Waals surface area contributed by atoms with Gasteiger partial charge in [0.15, 0.2) is 5.82 Å². The van der Waals surface area contributed by atoms with Gasteiger partial charge in [-0.1, -0.05) is 6.58 Å². The third-order valence-electron chi connectivity index (χ3n) is 7.81. The molecule has 1 saturated heterocycles. The maximum Gasteiger partial charge on any atom is 0.387 e. The Balaban J connectivity index is 1.62. The van der Waals surface area contributed by atoms with Gasteiger partial charge in [0.2, 0.25) is 0 Å². The number of hydrogen-bond donors (Lipinski definition) is 3. The first-order valence-corrected chi connectivity index (χ1v) is 13.5. The lowest BCUT2D eigenvalue weighted by atomic mass is 9.95. The number of ether oxygens (including phenoxy) is 2. The molecule has 11 heteroatoms. The minimum absolute atomic E-state index is 0.0450. The summed E-state index contributed by atoms with van der Waals surface area (Å²) in [6.07, 6.45) is 7.12. The second-order valence-electron chi connectivity index (χ2n) is 10.0. The first kappa shape index (κ1) is 27.0. The zero-order valence-electron chi connectivity index (χ0n) is 22.6. The van der Waals surface area contributed by atoms with Crippen molar-refractivity contribution in [2.24, 2.45) is 0 Å². The van der Waals surface area contributed by atoms with Crippen LogP contribution in [0.25, 0.3) is 5.57 Å². The van der Waals surface area contributed by atoms with Crippen molar-refractivity contribution in [2.45, 2.75) is 51.3 Å². The smallest absolute Gasteiger partial charge is 0.387 e. The zero-order chi connectivity index (χ0) is 27.5. The Kier molecular flexibility index (Phi) is 8.06. The van der Waals surface area contributed by atoms with Crippen molar-refractivity contribution in [3.8, 4) is 5.75 Å². The van der Waals surface area contributed by atoms with Crippen molar-refractivity contribution in [2.75, 3.05) is 45.3 Å². The van der Waals surface area contributed by atoms with Gasteiger partial charge in [-0.05, 0) is 37.3 Å². The fourth-order valence-corrected chi connectivity index (χ4v) is 5.87. The quantitative estimate of drug-likeness (QED) is 0.411. The van der Waals surface area contributed by atoms with Crippen molar-refractivity contribution < 1.29 is 18.3 Å². The molecule has 3 aliphatic heterocycles. The highest BCUT2D eigenvalue weighted by Gasteiger charge is 2.33. The lowest BCUT2D eigenvalue weighted by Gasteiger charge is -2.34. The average molecular weight is 542 g/mol. The van der Waals surface area contributed by atoms with E-state index in [9.17, 15) is 8.78 Å². The van der Waals surface area contributed by atoms with Gasteiger partial charge in [0.1, 0.15) is 5.75 Å². The molecule has 0 amide bonds. The third-order valence-corrected chi connectivity index (χ3v) is 7.81. The first-order valence-electron chi connectivity index (χ1n) is 13.5. The Hall–Kier alpha value is -3.60. The van der Waals surface area contributed by atoms with Gasteiger partial charge in [0.05, 0.1) is 11.9 Å². The largest absolute Gasteiger partial charge is 0.434 e. The number of aryl methyl sites for hydroxylation is 1. The normalized spacial score (nSPS) is 18.0. The standard InChI is InChI=1S/C28H37F2N7O2/c1-18(33-3)35-10-6-24-23(17-35)27(34-37(24)21-7-11-38-12-8-21)36-9-4-5-19-13-22(20(15-31)16-32-2)26(14-25(19)36)39-28(29)30/h13-16,21,28,31-33H,1,4-12,17H2,2-3H3/b20-16+,31-15?. The van der Waals surface area contributed by atoms with Crippen LogP contribution in [-0.4, -0.2) is 67.9 Å². The summed E-state index contributed by atoms with van der Waals surface area (Å²) in [5, 5.41) is 19.1. The van der Waals surface area contributed by atoms with Crippen LogP contribution in [0.5, 0.6) is 5.75 Å². The van der Waals surface area contributed by atoms with E-state index in [1.165, 1.54) is 5.69 Å². The minimum atomic E-state index is -2.98. The van der Waals surface area contributed by atoms with Crippen LogP contribution in [0, 0.1) is 5.41 Å². The number of nitrogens with one attached hydrogen (secondary N) is 3. The summed E-state index contributed by atoms with van der Waals surface area (Å²) in [5.74, 6) is 1.76. The van der Waals surface area contributed by atoms with E-state index in [-0.39, 0.29) is 11.8 Å². The molecule has 0 unspecified atom stereocenters. The second kappa shape index (κ2) is 11.6. The van der Waals surface area contributed by atoms with Gasteiger partial charge in [-0.3, -0.25) is 4.68 Å². The van der Waals surface area contributed by atoms with Gasteiger partial charge in [-0.25, -0.2) is 0 Å². The molecule has 0 radical (unpaired) electrons. The number of aromatic nitrogens is 2. The van der Waals surface area contributed by atoms with Crippen molar-refractivity contribution in [3.63, 3.8) is 0 Å². The van der Waals surface area contributed by atoms with E-state index in [1.807, 2.05) is 13.1 Å². The Morgan fingerprint density at radius 3 is 2.72 bits per heavy atom. The van der Waals surface area contributed by atoms with Crippen molar-refractivity contribution in [3.05, 3.63) is 53.1 Å². The van der Waals surface area contributed by atoms with Gasteiger partial charge in [-0.15, -0.1) is 0 Å². The summed E-state index contributed by atoms with van der Waals surface area (Å²) in [6, 6.07) is 3.84. The van der Waals surface area contributed by atoms with Crippen LogP contribution in [0.15, 0.2) is 30.7 Å². The van der Waals surface area contributed by atoms with E-state index in [1.54, 1.807) is 19.3 Å². The van der Waals surface area contributed by atoms with Gasteiger partial charge >= 0.3 is 6.61 Å². The van der Waals surface area contributed by atoms with Gasteiger partial charge < -0.3 is 35.3 Å². The lowest BCUT2D eigenvalue weighted by Crippen LogP contribution is -2.35. The Morgan fingerprint density at radius 1 is 1.23 bits per heavy atom. The first-order chi connectivity index (χ1) is 18.9. The maximum atomic E-state index is 13.5. The SMILES string of the molecule is C=C(NC)N1CCc2c(c(N3CCCc4cc(/C(C=N)=C/NC)c(OC(F)F)cc43)nn2C2CCOCC2)C1. The highest BCUT2D eigenvalue weighted by molar-refractivity contribution is 6.09. The highest BCUT2D eigenvalue weighted by Crippen LogP contribution is 2.43. The zero-order valence-corrected chi connectivity index (χ0v) is 22.6. The van der Waals surface area contributed by atoms with Crippen LogP contribution < -0.4 is 20.3 Å².